The van der Waals surface area contributed by atoms with Crippen molar-refractivity contribution in [1.29, 1.82) is 0 Å². The molecule has 2 aromatic rings. The molecule has 0 saturated heterocycles. The molecule has 2 rings (SSSR count). The Morgan fingerprint density at radius 1 is 1.50 bits per heavy atom. The molecule has 6 nitrogen and oxygen atoms in total. The molecule has 0 aliphatic rings. The Morgan fingerprint density at radius 3 is 2.83 bits per heavy atom. The number of rotatable bonds is 3. The number of aromatic nitrogens is 4. The standard InChI is InChI=1S/C9H8BrF2N5O/c1-16-4-5(10)2-6(8(16)18)14-7-3-13-17(15-7)9(11)12/h2-4,9H,1H3,(H,14,15). The first-order valence-electron chi connectivity index (χ1n) is 4.80. The van der Waals surface area contributed by atoms with E-state index in [2.05, 4.69) is 31.4 Å². The van der Waals surface area contributed by atoms with Gasteiger partial charge in [-0.15, -0.1) is 9.90 Å². The SMILES string of the molecule is Cn1cc(Br)cc(Nc2cnn(C(F)F)n2)c1=O. The minimum atomic E-state index is -2.81. The van der Waals surface area contributed by atoms with E-state index < -0.39 is 6.55 Å². The van der Waals surface area contributed by atoms with Crippen LogP contribution in [0.25, 0.3) is 0 Å². The van der Waals surface area contributed by atoms with Crippen molar-refractivity contribution in [1.82, 2.24) is 19.6 Å². The summed E-state index contributed by atoms with van der Waals surface area (Å²) >= 11 is 3.23. The lowest BCUT2D eigenvalue weighted by Crippen LogP contribution is -2.19. The monoisotopic (exact) mass is 319 g/mol. The highest BCUT2D eigenvalue weighted by Gasteiger charge is 2.11. The van der Waals surface area contributed by atoms with Crippen molar-refractivity contribution in [3.63, 3.8) is 0 Å². The van der Waals surface area contributed by atoms with Gasteiger partial charge in [0.25, 0.3) is 5.56 Å². The number of nitrogens with zero attached hydrogens (tertiary/aromatic N) is 4. The normalized spacial score (nSPS) is 10.9. The van der Waals surface area contributed by atoms with Crippen molar-refractivity contribution in [3.05, 3.63) is 33.3 Å². The fraction of sp³-hybridized carbons (Fsp3) is 0.222. The maximum Gasteiger partial charge on any atom is 0.348 e. The van der Waals surface area contributed by atoms with Crippen LogP contribution in [0.4, 0.5) is 20.3 Å². The van der Waals surface area contributed by atoms with Crippen LogP contribution < -0.4 is 10.9 Å². The van der Waals surface area contributed by atoms with Crippen LogP contribution >= 0.6 is 15.9 Å². The maximum absolute atomic E-state index is 12.3. The summed E-state index contributed by atoms with van der Waals surface area (Å²) in [5, 5.41) is 9.48. The van der Waals surface area contributed by atoms with E-state index in [0.29, 0.717) is 4.47 Å². The quantitative estimate of drug-likeness (QED) is 0.938. The Balaban J connectivity index is 2.31. The summed E-state index contributed by atoms with van der Waals surface area (Å²) in [4.78, 5) is 12.0. The summed E-state index contributed by atoms with van der Waals surface area (Å²) in [5.74, 6) is 0.0745. The van der Waals surface area contributed by atoms with Crippen LogP contribution in [0.3, 0.4) is 0 Å². The van der Waals surface area contributed by atoms with Crippen molar-refractivity contribution in [3.8, 4) is 0 Å². The van der Waals surface area contributed by atoms with Crippen LogP contribution in [-0.2, 0) is 7.05 Å². The number of anilines is 2. The Labute approximate surface area is 108 Å². The Bertz CT molecular complexity index is 624. The van der Waals surface area contributed by atoms with E-state index in [9.17, 15) is 13.6 Å². The van der Waals surface area contributed by atoms with Gasteiger partial charge in [0.2, 0.25) is 0 Å². The van der Waals surface area contributed by atoms with E-state index in [4.69, 9.17) is 0 Å². The molecule has 0 amide bonds. The molecule has 2 heterocycles. The molecule has 0 radical (unpaired) electrons. The molecule has 0 unspecified atom stereocenters. The van der Waals surface area contributed by atoms with Crippen LogP contribution in [0.1, 0.15) is 6.55 Å². The Hall–Kier alpha value is -1.77. The molecule has 2 aromatic heterocycles. The third kappa shape index (κ3) is 2.55. The second-order valence-electron chi connectivity index (χ2n) is 3.44. The van der Waals surface area contributed by atoms with E-state index >= 15 is 0 Å². The van der Waals surface area contributed by atoms with Crippen LogP contribution in [-0.4, -0.2) is 19.6 Å². The number of hydrogen-bond donors (Lipinski definition) is 1. The fourth-order valence-corrected chi connectivity index (χ4v) is 1.86. The van der Waals surface area contributed by atoms with Gasteiger partial charge in [-0.05, 0) is 22.0 Å². The summed E-state index contributed by atoms with van der Waals surface area (Å²) in [7, 11) is 1.58. The molecule has 0 aliphatic heterocycles. The van der Waals surface area contributed by atoms with E-state index in [1.165, 1.54) is 10.6 Å². The van der Waals surface area contributed by atoms with Crippen LogP contribution in [0.5, 0.6) is 0 Å². The van der Waals surface area contributed by atoms with Gasteiger partial charge in [0, 0.05) is 17.7 Å². The topological polar surface area (TPSA) is 64.7 Å². The maximum atomic E-state index is 12.3. The summed E-state index contributed by atoms with van der Waals surface area (Å²) in [5.41, 5.74) is -0.0852. The van der Waals surface area contributed by atoms with Crippen molar-refractivity contribution in [2.45, 2.75) is 6.55 Å². The molecular weight excluding hydrogens is 312 g/mol. The van der Waals surface area contributed by atoms with Gasteiger partial charge in [0.15, 0.2) is 5.82 Å². The minimum Gasteiger partial charge on any atom is -0.333 e. The van der Waals surface area contributed by atoms with E-state index in [1.807, 2.05) is 0 Å². The van der Waals surface area contributed by atoms with Gasteiger partial charge in [-0.1, -0.05) is 0 Å². The molecule has 9 heteroatoms. The van der Waals surface area contributed by atoms with E-state index in [1.54, 1.807) is 13.2 Å². The van der Waals surface area contributed by atoms with Crippen molar-refractivity contribution in [2.24, 2.45) is 7.05 Å². The summed E-state index contributed by atoms with van der Waals surface area (Å²) in [6.07, 6.45) is 2.70. The highest BCUT2D eigenvalue weighted by atomic mass is 79.9. The zero-order valence-electron chi connectivity index (χ0n) is 9.14. The van der Waals surface area contributed by atoms with Crippen molar-refractivity contribution >= 4 is 27.4 Å². The molecule has 0 spiro atoms. The Morgan fingerprint density at radius 2 is 2.22 bits per heavy atom. The molecule has 0 bridgehead atoms. The van der Waals surface area contributed by atoms with Gasteiger partial charge < -0.3 is 9.88 Å². The summed E-state index contributed by atoms with van der Waals surface area (Å²) < 4.78 is 26.6. The van der Waals surface area contributed by atoms with Gasteiger partial charge in [-0.25, -0.2) is 0 Å². The first-order chi connectivity index (χ1) is 8.47. The van der Waals surface area contributed by atoms with E-state index in [0.717, 1.165) is 6.20 Å². The van der Waals surface area contributed by atoms with Gasteiger partial charge in [0.1, 0.15) is 5.69 Å². The average Bonchev–Trinajstić information content (AvgIpc) is 2.74. The zero-order chi connectivity index (χ0) is 13.3. The highest BCUT2D eigenvalue weighted by molar-refractivity contribution is 9.10. The van der Waals surface area contributed by atoms with E-state index in [-0.39, 0.29) is 21.9 Å². The summed E-state index contributed by atoms with van der Waals surface area (Å²) in [6, 6.07) is 1.53. The largest absolute Gasteiger partial charge is 0.348 e. The molecule has 0 fully saturated rings. The molecule has 0 aromatic carbocycles. The van der Waals surface area contributed by atoms with Crippen LogP contribution in [0, 0.1) is 0 Å². The minimum absolute atomic E-state index is 0.0745. The van der Waals surface area contributed by atoms with Crippen LogP contribution in [0.15, 0.2) is 27.7 Å². The second-order valence-corrected chi connectivity index (χ2v) is 4.36. The predicted molar refractivity (Wildman–Crippen MR) is 63.9 cm³/mol. The molecule has 96 valence electrons. The number of nitrogens with one attached hydrogen (secondary N) is 1. The number of aryl methyl sites for hydroxylation is 1. The zero-order valence-corrected chi connectivity index (χ0v) is 10.7. The number of pyridine rings is 1. The van der Waals surface area contributed by atoms with Gasteiger partial charge in [0.05, 0.1) is 6.20 Å². The molecule has 18 heavy (non-hydrogen) atoms. The molecule has 0 aliphatic carbocycles. The number of alkyl halides is 2. The van der Waals surface area contributed by atoms with Gasteiger partial charge >= 0.3 is 6.55 Å². The lowest BCUT2D eigenvalue weighted by molar-refractivity contribution is 0.0416. The lowest BCUT2D eigenvalue weighted by Gasteiger charge is -2.05. The molecule has 1 N–H and O–H groups in total. The summed E-state index contributed by atoms with van der Waals surface area (Å²) in [6.45, 7) is -2.81. The smallest absolute Gasteiger partial charge is 0.333 e. The van der Waals surface area contributed by atoms with Crippen LogP contribution in [0.2, 0.25) is 0 Å². The Kier molecular flexibility index (Phi) is 3.41. The molecule has 0 atom stereocenters. The lowest BCUT2D eigenvalue weighted by atomic mass is 10.4. The third-order valence-corrected chi connectivity index (χ3v) is 2.53. The molecule has 0 saturated carbocycles. The number of halogens is 3. The average molecular weight is 320 g/mol. The molecular formula is C9H8BrF2N5O. The first-order valence-corrected chi connectivity index (χ1v) is 5.60. The second kappa shape index (κ2) is 4.84. The highest BCUT2D eigenvalue weighted by Crippen LogP contribution is 2.16. The fourth-order valence-electron chi connectivity index (χ4n) is 1.33. The predicted octanol–water partition coefficient (Wildman–Crippen LogP) is 1.88. The number of hydrogen-bond acceptors (Lipinski definition) is 4. The van der Waals surface area contributed by atoms with Gasteiger partial charge in [-0.3, -0.25) is 4.79 Å². The van der Waals surface area contributed by atoms with Crippen molar-refractivity contribution < 1.29 is 8.78 Å². The third-order valence-electron chi connectivity index (χ3n) is 2.10. The van der Waals surface area contributed by atoms with Crippen molar-refractivity contribution in [2.75, 3.05) is 5.32 Å². The first kappa shape index (κ1) is 12.7. The van der Waals surface area contributed by atoms with Gasteiger partial charge in [-0.2, -0.15) is 13.9 Å².